The molecule has 19 heavy (non-hydrogen) atoms. The van der Waals surface area contributed by atoms with Gasteiger partial charge in [-0.3, -0.25) is 0 Å². The molecule has 1 aromatic rings. The molecule has 0 aromatic heterocycles. The highest BCUT2D eigenvalue weighted by molar-refractivity contribution is 8.26. The molecule has 7 heteroatoms. The van der Waals surface area contributed by atoms with E-state index in [0.717, 1.165) is 18.2 Å². The molecule has 1 heterocycles. The van der Waals surface area contributed by atoms with E-state index in [4.69, 9.17) is 12.2 Å². The molecule has 102 valence electrons. The van der Waals surface area contributed by atoms with E-state index in [1.807, 2.05) is 6.92 Å². The zero-order valence-electron chi connectivity index (χ0n) is 9.72. The molecule has 0 saturated carbocycles. The lowest BCUT2D eigenvalue weighted by atomic mass is 10.1. The monoisotopic (exact) mass is 307 g/mol. The van der Waals surface area contributed by atoms with Gasteiger partial charge in [0.1, 0.15) is 5.82 Å². The maximum atomic E-state index is 13.5. The molecule has 1 fully saturated rings. The Balaban J connectivity index is 2.35. The molecule has 1 unspecified atom stereocenters. The number of hydrogen-bond donors (Lipinski definition) is 1. The van der Waals surface area contributed by atoms with Gasteiger partial charge in [-0.1, -0.05) is 24.0 Å². The molecule has 1 nitrogen and oxygen atoms in total. The Morgan fingerprint density at radius 1 is 1.37 bits per heavy atom. The highest BCUT2D eigenvalue weighted by Gasteiger charge is 2.31. The molecular formula is C12H9F4NS2. The molecule has 0 bridgehead atoms. The Morgan fingerprint density at radius 3 is 2.58 bits per heavy atom. The van der Waals surface area contributed by atoms with Gasteiger partial charge in [0.15, 0.2) is 0 Å². The number of alkyl halides is 3. The van der Waals surface area contributed by atoms with Crippen molar-refractivity contribution < 1.29 is 17.6 Å². The van der Waals surface area contributed by atoms with Crippen LogP contribution >= 0.6 is 24.0 Å². The summed E-state index contributed by atoms with van der Waals surface area (Å²) in [6, 6.07) is 2.27. The van der Waals surface area contributed by atoms with Gasteiger partial charge in [-0.15, -0.1) is 0 Å². The average molecular weight is 307 g/mol. The third kappa shape index (κ3) is 3.27. The van der Waals surface area contributed by atoms with Gasteiger partial charge >= 0.3 is 6.18 Å². The fraction of sp³-hybridized carbons (Fsp3) is 0.250. The van der Waals surface area contributed by atoms with Crippen LogP contribution in [-0.4, -0.2) is 10.2 Å². The van der Waals surface area contributed by atoms with Crippen LogP contribution in [0.3, 0.4) is 0 Å². The van der Waals surface area contributed by atoms with Crippen LogP contribution in [0, 0.1) is 5.82 Å². The lowest BCUT2D eigenvalue weighted by Crippen LogP contribution is -2.20. The highest BCUT2D eigenvalue weighted by atomic mass is 32.2. The van der Waals surface area contributed by atoms with Crippen LogP contribution in [0.1, 0.15) is 18.1 Å². The van der Waals surface area contributed by atoms with E-state index < -0.39 is 17.6 Å². The second-order valence-corrected chi connectivity index (χ2v) is 5.81. The Labute approximate surface area is 117 Å². The van der Waals surface area contributed by atoms with E-state index in [2.05, 4.69) is 5.32 Å². The van der Waals surface area contributed by atoms with E-state index in [1.54, 1.807) is 0 Å². The minimum Gasteiger partial charge on any atom is -0.372 e. The third-order valence-electron chi connectivity index (χ3n) is 2.53. The van der Waals surface area contributed by atoms with Crippen LogP contribution in [0.15, 0.2) is 23.2 Å². The summed E-state index contributed by atoms with van der Waals surface area (Å²) in [6.45, 7) is 1.83. The Bertz CT molecular complexity index is 551. The number of hydrogen-bond acceptors (Lipinski definition) is 3. The van der Waals surface area contributed by atoms with E-state index in [-0.39, 0.29) is 11.6 Å². The van der Waals surface area contributed by atoms with Crippen molar-refractivity contribution in [1.82, 2.24) is 5.32 Å². The van der Waals surface area contributed by atoms with Gasteiger partial charge in [-0.2, -0.15) is 13.2 Å². The Morgan fingerprint density at radius 2 is 2.05 bits per heavy atom. The summed E-state index contributed by atoms with van der Waals surface area (Å²) < 4.78 is 51.9. The maximum absolute atomic E-state index is 13.5. The predicted molar refractivity (Wildman–Crippen MR) is 72.2 cm³/mol. The Kier molecular flexibility index (Phi) is 3.87. The normalized spacial score (nSPS) is 21.8. The van der Waals surface area contributed by atoms with Gasteiger partial charge in [-0.05, 0) is 31.2 Å². The number of thiocarbonyl (C=S) groups is 1. The molecule has 0 amide bonds. The van der Waals surface area contributed by atoms with Gasteiger partial charge in [0.25, 0.3) is 0 Å². The van der Waals surface area contributed by atoms with Crippen LogP contribution in [0.5, 0.6) is 0 Å². The van der Waals surface area contributed by atoms with Crippen molar-refractivity contribution in [2.45, 2.75) is 19.1 Å². The fourth-order valence-electron chi connectivity index (χ4n) is 1.54. The van der Waals surface area contributed by atoms with Gasteiger partial charge in [0.2, 0.25) is 0 Å². The summed E-state index contributed by atoms with van der Waals surface area (Å²) in [5, 5.41) is 3.52. The third-order valence-corrected chi connectivity index (χ3v) is 4.15. The number of rotatable bonds is 1. The zero-order valence-corrected chi connectivity index (χ0v) is 11.3. The summed E-state index contributed by atoms with van der Waals surface area (Å²) in [4.78, 5) is 0. The van der Waals surface area contributed by atoms with Crippen LogP contribution in [0.25, 0.3) is 6.08 Å². The zero-order chi connectivity index (χ0) is 14.2. The van der Waals surface area contributed by atoms with Gasteiger partial charge in [-0.25, -0.2) is 4.39 Å². The minimum atomic E-state index is -4.49. The van der Waals surface area contributed by atoms with E-state index in [1.165, 1.54) is 17.8 Å². The molecule has 1 aliphatic heterocycles. The molecule has 1 aromatic carbocycles. The second-order valence-electron chi connectivity index (χ2n) is 4.03. The molecular weight excluding hydrogens is 298 g/mol. The van der Waals surface area contributed by atoms with Crippen molar-refractivity contribution >= 4 is 34.3 Å². The first kappa shape index (κ1) is 14.3. The fourth-order valence-corrected chi connectivity index (χ4v) is 2.74. The molecule has 1 aliphatic rings. The lowest BCUT2D eigenvalue weighted by molar-refractivity contribution is -0.137. The first-order valence-corrected chi connectivity index (χ1v) is 6.56. The van der Waals surface area contributed by atoms with Crippen LogP contribution < -0.4 is 5.32 Å². The van der Waals surface area contributed by atoms with Crippen molar-refractivity contribution in [3.8, 4) is 0 Å². The topological polar surface area (TPSA) is 12.0 Å². The van der Waals surface area contributed by atoms with Crippen molar-refractivity contribution in [2.24, 2.45) is 0 Å². The van der Waals surface area contributed by atoms with E-state index in [9.17, 15) is 17.6 Å². The molecule has 2 rings (SSSR count). The SMILES string of the molecule is CC1N/C(=C/c2cc(C(F)(F)F)ccc2F)SC1=S. The standard InChI is InChI=1S/C12H9F4NS2/c1-6-11(18)19-10(17-6)5-7-4-8(12(14,15)16)2-3-9(7)13/h2-6,17H,1H3/b10-5-. The van der Waals surface area contributed by atoms with Crippen LogP contribution in [0.2, 0.25) is 0 Å². The van der Waals surface area contributed by atoms with Crippen LogP contribution in [0.4, 0.5) is 17.6 Å². The second kappa shape index (κ2) is 5.13. The average Bonchev–Trinajstić information content (AvgIpc) is 2.59. The summed E-state index contributed by atoms with van der Waals surface area (Å²) in [6.07, 6.45) is -3.15. The minimum absolute atomic E-state index is 0.0555. The molecule has 1 atom stereocenters. The molecule has 1 saturated heterocycles. The predicted octanol–water partition coefficient (Wildman–Crippen LogP) is 4.20. The first-order valence-electron chi connectivity index (χ1n) is 5.34. The van der Waals surface area contributed by atoms with Crippen molar-refractivity contribution in [2.75, 3.05) is 0 Å². The number of halogens is 4. The van der Waals surface area contributed by atoms with Gasteiger partial charge < -0.3 is 5.32 Å². The summed E-state index contributed by atoms with van der Waals surface area (Å²) in [7, 11) is 0. The molecule has 0 spiro atoms. The summed E-state index contributed by atoms with van der Waals surface area (Å²) in [5.41, 5.74) is -0.985. The van der Waals surface area contributed by atoms with Crippen molar-refractivity contribution in [3.63, 3.8) is 0 Å². The smallest absolute Gasteiger partial charge is 0.372 e. The molecule has 1 N–H and O–H groups in total. The van der Waals surface area contributed by atoms with Crippen LogP contribution in [-0.2, 0) is 6.18 Å². The number of thioether (sulfide) groups is 1. The van der Waals surface area contributed by atoms with Gasteiger partial charge in [0, 0.05) is 5.56 Å². The largest absolute Gasteiger partial charge is 0.416 e. The lowest BCUT2D eigenvalue weighted by Gasteiger charge is -2.08. The van der Waals surface area contributed by atoms with E-state index in [0.29, 0.717) is 9.23 Å². The maximum Gasteiger partial charge on any atom is 0.416 e. The quantitative estimate of drug-likeness (QED) is 0.617. The summed E-state index contributed by atoms with van der Waals surface area (Å²) >= 11 is 6.26. The number of nitrogens with one attached hydrogen (secondary N) is 1. The molecule has 0 radical (unpaired) electrons. The highest BCUT2D eigenvalue weighted by Crippen LogP contribution is 2.32. The summed E-state index contributed by atoms with van der Waals surface area (Å²) in [5.74, 6) is -0.701. The van der Waals surface area contributed by atoms with Crippen molar-refractivity contribution in [1.29, 1.82) is 0 Å². The first-order chi connectivity index (χ1) is 8.77. The van der Waals surface area contributed by atoms with Crippen molar-refractivity contribution in [3.05, 3.63) is 40.2 Å². The van der Waals surface area contributed by atoms with Gasteiger partial charge in [0.05, 0.1) is 20.8 Å². The number of benzene rings is 1. The van der Waals surface area contributed by atoms with E-state index >= 15 is 0 Å². The Hall–Kier alpha value is -1.08. The molecule has 0 aliphatic carbocycles.